The molecule has 0 atom stereocenters. The van der Waals surface area contributed by atoms with Gasteiger partial charge in [0.05, 0.1) is 0 Å². The number of hydrogen-bond donors (Lipinski definition) is 0. The molecule has 0 N–H and O–H groups in total. The number of aromatic nitrogens is 4. The van der Waals surface area contributed by atoms with Gasteiger partial charge in [0.15, 0.2) is 0 Å². The molecule has 3 aromatic rings. The van der Waals surface area contributed by atoms with E-state index in [-0.39, 0.29) is 0 Å². The largest absolute Gasteiger partial charge is 0.253 e. The second kappa shape index (κ2) is 5.07. The molecule has 1 aromatic carbocycles. The van der Waals surface area contributed by atoms with Crippen molar-refractivity contribution < 1.29 is 0 Å². The quantitative estimate of drug-likeness (QED) is 0.695. The second-order valence-corrected chi connectivity index (χ2v) is 5.54. The SMILES string of the molecule is Brc1cccc(CSc2nc3ncccn3n2)c1. The zero-order valence-electron chi connectivity index (χ0n) is 9.32. The van der Waals surface area contributed by atoms with Gasteiger partial charge in [-0.25, -0.2) is 9.50 Å². The minimum Gasteiger partial charge on any atom is -0.220 e. The van der Waals surface area contributed by atoms with Crippen molar-refractivity contribution in [2.75, 3.05) is 0 Å². The van der Waals surface area contributed by atoms with Crippen LogP contribution in [-0.2, 0) is 5.75 Å². The Morgan fingerprint density at radius 1 is 1.28 bits per heavy atom. The molecule has 0 aliphatic carbocycles. The van der Waals surface area contributed by atoms with Gasteiger partial charge < -0.3 is 0 Å². The van der Waals surface area contributed by atoms with E-state index in [1.165, 1.54) is 5.56 Å². The van der Waals surface area contributed by atoms with Gasteiger partial charge in [-0.15, -0.1) is 5.10 Å². The maximum Gasteiger partial charge on any atom is 0.253 e. The van der Waals surface area contributed by atoms with Gasteiger partial charge in [-0.05, 0) is 23.8 Å². The van der Waals surface area contributed by atoms with Crippen LogP contribution in [0.25, 0.3) is 5.78 Å². The van der Waals surface area contributed by atoms with Crippen molar-refractivity contribution in [3.05, 3.63) is 52.8 Å². The molecule has 0 aliphatic heterocycles. The highest BCUT2D eigenvalue weighted by Crippen LogP contribution is 2.21. The molecule has 3 rings (SSSR count). The van der Waals surface area contributed by atoms with Crippen molar-refractivity contribution >= 4 is 33.5 Å². The van der Waals surface area contributed by atoms with E-state index >= 15 is 0 Å². The van der Waals surface area contributed by atoms with Gasteiger partial charge >= 0.3 is 0 Å². The standard InChI is InChI=1S/C12H9BrN4S/c13-10-4-1-3-9(7-10)8-18-12-15-11-14-5-2-6-17(11)16-12/h1-7H,8H2. The average molecular weight is 321 g/mol. The number of fused-ring (bicyclic) bond motifs is 1. The van der Waals surface area contributed by atoms with Crippen molar-refractivity contribution in [1.82, 2.24) is 19.6 Å². The van der Waals surface area contributed by atoms with Crippen LogP contribution in [0.4, 0.5) is 0 Å². The van der Waals surface area contributed by atoms with E-state index in [2.05, 4.69) is 43.1 Å². The molecule has 2 aromatic heterocycles. The molecule has 18 heavy (non-hydrogen) atoms. The monoisotopic (exact) mass is 320 g/mol. The molecule has 0 amide bonds. The maximum atomic E-state index is 4.34. The first kappa shape index (κ1) is 11.7. The summed E-state index contributed by atoms with van der Waals surface area (Å²) in [5.41, 5.74) is 1.24. The van der Waals surface area contributed by atoms with Crippen LogP contribution >= 0.6 is 27.7 Å². The Labute approximate surface area is 117 Å². The summed E-state index contributed by atoms with van der Waals surface area (Å²) in [5, 5.41) is 5.09. The van der Waals surface area contributed by atoms with Gasteiger partial charge in [-0.2, -0.15) is 4.98 Å². The first-order chi connectivity index (χ1) is 8.81. The zero-order chi connectivity index (χ0) is 12.4. The minimum absolute atomic E-state index is 0.634. The first-order valence-corrected chi connectivity index (χ1v) is 7.14. The second-order valence-electron chi connectivity index (χ2n) is 3.68. The zero-order valence-corrected chi connectivity index (χ0v) is 11.7. The van der Waals surface area contributed by atoms with Crippen LogP contribution in [0.3, 0.4) is 0 Å². The highest BCUT2D eigenvalue weighted by atomic mass is 79.9. The molecule has 0 aliphatic rings. The molecule has 0 fully saturated rings. The highest BCUT2D eigenvalue weighted by Gasteiger charge is 2.04. The van der Waals surface area contributed by atoms with E-state index in [4.69, 9.17) is 0 Å². The van der Waals surface area contributed by atoms with E-state index in [1.807, 2.05) is 24.4 Å². The van der Waals surface area contributed by atoms with Gasteiger partial charge in [0.2, 0.25) is 5.16 Å². The fraction of sp³-hybridized carbons (Fsp3) is 0.0833. The van der Waals surface area contributed by atoms with Crippen molar-refractivity contribution in [1.29, 1.82) is 0 Å². The molecule has 4 nitrogen and oxygen atoms in total. The summed E-state index contributed by atoms with van der Waals surface area (Å²) >= 11 is 5.07. The van der Waals surface area contributed by atoms with Crippen molar-refractivity contribution in [3.63, 3.8) is 0 Å². The van der Waals surface area contributed by atoms with Gasteiger partial charge in [-0.1, -0.05) is 39.8 Å². The van der Waals surface area contributed by atoms with Crippen LogP contribution in [0, 0.1) is 0 Å². The number of thioether (sulfide) groups is 1. The van der Waals surface area contributed by atoms with E-state index in [1.54, 1.807) is 22.5 Å². The van der Waals surface area contributed by atoms with Crippen molar-refractivity contribution in [3.8, 4) is 0 Å². The number of hydrogen-bond acceptors (Lipinski definition) is 4. The minimum atomic E-state index is 0.634. The Kier molecular flexibility index (Phi) is 3.29. The number of halogens is 1. The Bertz CT molecular complexity index is 649. The number of nitrogens with zero attached hydrogens (tertiary/aromatic N) is 4. The van der Waals surface area contributed by atoms with Crippen LogP contribution in [0.1, 0.15) is 5.56 Å². The molecule has 0 saturated carbocycles. The molecule has 0 bridgehead atoms. The maximum absolute atomic E-state index is 4.34. The number of benzene rings is 1. The first-order valence-electron chi connectivity index (χ1n) is 5.36. The van der Waals surface area contributed by atoms with E-state index in [0.717, 1.165) is 15.4 Å². The Morgan fingerprint density at radius 3 is 3.06 bits per heavy atom. The van der Waals surface area contributed by atoms with Gasteiger partial charge in [0.1, 0.15) is 0 Å². The fourth-order valence-electron chi connectivity index (χ4n) is 1.55. The molecular weight excluding hydrogens is 312 g/mol. The lowest BCUT2D eigenvalue weighted by Crippen LogP contribution is -1.87. The summed E-state index contributed by atoms with van der Waals surface area (Å²) in [5.74, 6) is 1.48. The summed E-state index contributed by atoms with van der Waals surface area (Å²) in [6.07, 6.45) is 3.56. The van der Waals surface area contributed by atoms with E-state index in [0.29, 0.717) is 5.78 Å². The summed E-state index contributed by atoms with van der Waals surface area (Å²) in [4.78, 5) is 8.48. The molecule has 0 spiro atoms. The lowest BCUT2D eigenvalue weighted by molar-refractivity contribution is 0.879. The van der Waals surface area contributed by atoms with Gasteiger partial charge in [0, 0.05) is 22.6 Å². The van der Waals surface area contributed by atoms with Gasteiger partial charge in [-0.3, -0.25) is 0 Å². The van der Waals surface area contributed by atoms with Crippen molar-refractivity contribution in [2.45, 2.75) is 10.9 Å². The third kappa shape index (κ3) is 2.54. The topological polar surface area (TPSA) is 43.1 Å². The third-order valence-electron chi connectivity index (χ3n) is 2.35. The van der Waals surface area contributed by atoms with E-state index < -0.39 is 0 Å². The van der Waals surface area contributed by atoms with E-state index in [9.17, 15) is 0 Å². The molecule has 0 unspecified atom stereocenters. The molecule has 2 heterocycles. The summed E-state index contributed by atoms with van der Waals surface area (Å²) in [6, 6.07) is 10.1. The Morgan fingerprint density at radius 2 is 2.22 bits per heavy atom. The normalized spacial score (nSPS) is 10.9. The summed E-state index contributed by atoms with van der Waals surface area (Å²) in [7, 11) is 0. The lowest BCUT2D eigenvalue weighted by Gasteiger charge is -1.98. The highest BCUT2D eigenvalue weighted by molar-refractivity contribution is 9.10. The summed E-state index contributed by atoms with van der Waals surface area (Å²) < 4.78 is 2.77. The van der Waals surface area contributed by atoms with Crippen LogP contribution in [-0.4, -0.2) is 19.6 Å². The van der Waals surface area contributed by atoms with Crippen molar-refractivity contribution in [2.24, 2.45) is 0 Å². The van der Waals surface area contributed by atoms with Crippen LogP contribution in [0.2, 0.25) is 0 Å². The summed E-state index contributed by atoms with van der Waals surface area (Å²) in [6.45, 7) is 0. The molecule has 90 valence electrons. The van der Waals surface area contributed by atoms with Crippen LogP contribution in [0.15, 0.2) is 52.4 Å². The average Bonchev–Trinajstić information content (AvgIpc) is 2.79. The molecule has 0 saturated heterocycles. The van der Waals surface area contributed by atoms with Crippen LogP contribution in [0.5, 0.6) is 0 Å². The number of rotatable bonds is 3. The Hall–Kier alpha value is -1.40. The smallest absolute Gasteiger partial charge is 0.220 e. The molecule has 6 heteroatoms. The molecular formula is C12H9BrN4S. The predicted molar refractivity (Wildman–Crippen MR) is 74.5 cm³/mol. The fourth-order valence-corrected chi connectivity index (χ4v) is 2.76. The predicted octanol–water partition coefficient (Wildman–Crippen LogP) is 3.18. The van der Waals surface area contributed by atoms with Gasteiger partial charge in [0.25, 0.3) is 5.78 Å². The third-order valence-corrected chi connectivity index (χ3v) is 3.76. The molecule has 0 radical (unpaired) electrons. The Balaban J connectivity index is 1.76. The lowest BCUT2D eigenvalue weighted by atomic mass is 10.2. The van der Waals surface area contributed by atoms with Crippen LogP contribution < -0.4 is 0 Å².